The van der Waals surface area contributed by atoms with Crippen LogP contribution in [-0.2, 0) is 36.0 Å². The second-order valence-corrected chi connectivity index (χ2v) is 16.6. The quantitative estimate of drug-likeness (QED) is 0.141. The molecular formula is C29H29Cl2F2N3O9S3. The number of esters is 1. The van der Waals surface area contributed by atoms with Crippen LogP contribution < -0.4 is 18.9 Å². The number of nitrogens with one attached hydrogen (secondary N) is 1. The fourth-order valence-corrected chi connectivity index (χ4v) is 9.34. The standard InChI is InChI=1S/C29H29Cl2F2N3O9S3/c1-34-47(39,40)19-3-2-4-20(12-19)48(41,42)36-9-10-46-27(36)28(37)44-25(13-21-22(30)14-35(38)15-23(21)31)18-7-8-24(45-29(32)33)26(11-18)43-16-17-5-6-17/h2-4,7-8,11-12,14-15,17,25,27,29,34H,5-6,9-10,13,16H2,1H3/t25-,27?/m0/s1. The van der Waals surface area contributed by atoms with Gasteiger partial charge in [0.15, 0.2) is 29.3 Å². The number of hydrogen-bond donors (Lipinski definition) is 1. The van der Waals surface area contributed by atoms with Gasteiger partial charge in [0, 0.05) is 24.3 Å². The number of benzene rings is 2. The number of sulfonamides is 2. The Hall–Kier alpha value is -2.93. The van der Waals surface area contributed by atoms with E-state index in [9.17, 15) is 35.6 Å². The van der Waals surface area contributed by atoms with Crippen LogP contribution in [0, 0.1) is 11.1 Å². The van der Waals surface area contributed by atoms with Crippen LogP contribution in [0.4, 0.5) is 8.78 Å². The van der Waals surface area contributed by atoms with Gasteiger partial charge in [0.2, 0.25) is 20.0 Å². The van der Waals surface area contributed by atoms with E-state index in [1.165, 1.54) is 43.4 Å². The first-order valence-electron chi connectivity index (χ1n) is 14.4. The van der Waals surface area contributed by atoms with Crippen LogP contribution >= 0.6 is 35.0 Å². The Bertz CT molecular complexity index is 1880. The van der Waals surface area contributed by atoms with E-state index in [1.807, 2.05) is 0 Å². The molecule has 1 saturated carbocycles. The van der Waals surface area contributed by atoms with Crippen molar-refractivity contribution >= 4 is 61.0 Å². The lowest BCUT2D eigenvalue weighted by Gasteiger charge is -2.26. The maximum absolute atomic E-state index is 13.8. The molecule has 19 heteroatoms. The van der Waals surface area contributed by atoms with Gasteiger partial charge in [-0.1, -0.05) is 35.3 Å². The fraction of sp³-hybridized carbons (Fsp3) is 0.379. The number of hydrogen-bond acceptors (Lipinski definition) is 10. The molecule has 5 rings (SSSR count). The Morgan fingerprint density at radius 1 is 1.08 bits per heavy atom. The average molecular weight is 769 g/mol. The summed E-state index contributed by atoms with van der Waals surface area (Å²) in [4.78, 5) is 13.2. The van der Waals surface area contributed by atoms with Crippen LogP contribution in [0.15, 0.2) is 64.6 Å². The number of rotatable bonds is 14. The molecule has 3 aromatic rings. The number of carbonyl (C=O) groups excluding carboxylic acids is 1. The molecule has 0 bridgehead atoms. The predicted molar refractivity (Wildman–Crippen MR) is 172 cm³/mol. The summed E-state index contributed by atoms with van der Waals surface area (Å²) in [6.07, 6.45) is 2.51. The molecule has 0 radical (unpaired) electrons. The van der Waals surface area contributed by atoms with Gasteiger partial charge < -0.3 is 19.4 Å². The van der Waals surface area contributed by atoms with E-state index in [0.717, 1.165) is 47.4 Å². The molecule has 0 spiro atoms. The lowest BCUT2D eigenvalue weighted by Crippen LogP contribution is -2.40. The first kappa shape index (κ1) is 36.4. The van der Waals surface area contributed by atoms with Gasteiger partial charge in [-0.15, -0.1) is 11.8 Å². The van der Waals surface area contributed by atoms with Crippen molar-refractivity contribution in [3.63, 3.8) is 0 Å². The average Bonchev–Trinajstić information content (AvgIpc) is 3.73. The van der Waals surface area contributed by atoms with Crippen LogP contribution in [0.5, 0.6) is 11.5 Å². The smallest absolute Gasteiger partial charge is 0.387 e. The van der Waals surface area contributed by atoms with E-state index < -0.39 is 44.1 Å². The zero-order chi connectivity index (χ0) is 34.8. The van der Waals surface area contributed by atoms with Crippen LogP contribution in [-0.4, -0.2) is 65.0 Å². The first-order valence-corrected chi connectivity index (χ1v) is 19.1. The molecule has 48 heavy (non-hydrogen) atoms. The van der Waals surface area contributed by atoms with Crippen molar-refractivity contribution in [1.82, 2.24) is 9.03 Å². The van der Waals surface area contributed by atoms with E-state index in [4.69, 9.17) is 32.7 Å². The number of aromatic nitrogens is 1. The van der Waals surface area contributed by atoms with E-state index in [-0.39, 0.29) is 73.7 Å². The number of thioether (sulfide) groups is 1. The third kappa shape index (κ3) is 8.43. The number of ether oxygens (including phenoxy) is 3. The van der Waals surface area contributed by atoms with E-state index in [1.54, 1.807) is 0 Å². The second-order valence-electron chi connectivity index (χ2n) is 10.8. The Morgan fingerprint density at radius 2 is 1.77 bits per heavy atom. The Kier molecular flexibility index (Phi) is 11.3. The molecular weight excluding hydrogens is 739 g/mol. The highest BCUT2D eigenvalue weighted by Crippen LogP contribution is 2.39. The summed E-state index contributed by atoms with van der Waals surface area (Å²) in [7, 11) is -7.19. The van der Waals surface area contributed by atoms with Crippen molar-refractivity contribution in [2.45, 2.75) is 47.1 Å². The molecule has 1 aliphatic heterocycles. The lowest BCUT2D eigenvalue weighted by molar-refractivity contribution is -0.605. The fourth-order valence-electron chi connectivity index (χ4n) is 4.80. The Morgan fingerprint density at radius 3 is 2.42 bits per heavy atom. The highest BCUT2D eigenvalue weighted by Gasteiger charge is 2.42. The van der Waals surface area contributed by atoms with Gasteiger partial charge >= 0.3 is 12.6 Å². The van der Waals surface area contributed by atoms with E-state index in [2.05, 4.69) is 9.46 Å². The zero-order valence-electron chi connectivity index (χ0n) is 25.1. The third-order valence-electron chi connectivity index (χ3n) is 7.47. The molecule has 2 aliphatic rings. The molecule has 1 saturated heterocycles. The summed E-state index contributed by atoms with van der Waals surface area (Å²) in [6.45, 7) is -2.98. The minimum Gasteiger partial charge on any atom is -0.619 e. The van der Waals surface area contributed by atoms with Crippen molar-refractivity contribution in [1.29, 1.82) is 0 Å². The van der Waals surface area contributed by atoms with Gasteiger partial charge in [0.1, 0.15) is 16.1 Å². The molecule has 2 fully saturated rings. The number of pyridine rings is 1. The molecule has 2 heterocycles. The van der Waals surface area contributed by atoms with Gasteiger partial charge in [-0.2, -0.15) is 17.8 Å². The first-order chi connectivity index (χ1) is 22.7. The Balaban J connectivity index is 1.48. The van der Waals surface area contributed by atoms with Crippen molar-refractivity contribution in [2.75, 3.05) is 26.0 Å². The summed E-state index contributed by atoms with van der Waals surface area (Å²) in [5, 5.41) is 10.4. The molecule has 1 N–H and O–H groups in total. The third-order valence-corrected chi connectivity index (χ3v) is 12.7. The van der Waals surface area contributed by atoms with Crippen LogP contribution in [0.3, 0.4) is 0 Å². The predicted octanol–water partition coefficient (Wildman–Crippen LogP) is 4.52. The van der Waals surface area contributed by atoms with Crippen molar-refractivity contribution in [2.24, 2.45) is 5.92 Å². The number of carbonyl (C=O) groups is 1. The maximum atomic E-state index is 13.8. The van der Waals surface area contributed by atoms with Crippen molar-refractivity contribution in [3.05, 3.63) is 81.2 Å². The molecule has 1 aliphatic carbocycles. The van der Waals surface area contributed by atoms with Gasteiger partial charge in [-0.25, -0.2) is 26.4 Å². The van der Waals surface area contributed by atoms with Gasteiger partial charge in [0.25, 0.3) is 0 Å². The summed E-state index contributed by atoms with van der Waals surface area (Å²) in [5.41, 5.74) is 0.479. The highest BCUT2D eigenvalue weighted by molar-refractivity contribution is 8.02. The lowest BCUT2D eigenvalue weighted by atomic mass is 10.0. The van der Waals surface area contributed by atoms with Gasteiger partial charge in [-0.05, 0) is 61.7 Å². The highest BCUT2D eigenvalue weighted by atomic mass is 35.5. The van der Waals surface area contributed by atoms with Crippen LogP contribution in [0.2, 0.25) is 10.0 Å². The second kappa shape index (κ2) is 14.9. The van der Waals surface area contributed by atoms with Gasteiger partial charge in [-0.3, -0.25) is 0 Å². The number of halogens is 4. The molecule has 2 aromatic carbocycles. The topological polar surface area (TPSA) is 155 Å². The number of nitrogens with zero attached hydrogens (tertiary/aromatic N) is 2. The molecule has 1 aromatic heterocycles. The van der Waals surface area contributed by atoms with Crippen LogP contribution in [0.25, 0.3) is 0 Å². The summed E-state index contributed by atoms with van der Waals surface area (Å²) in [6, 6.07) is 8.69. The molecule has 260 valence electrons. The molecule has 1 unspecified atom stereocenters. The monoisotopic (exact) mass is 767 g/mol. The largest absolute Gasteiger partial charge is 0.619 e. The molecule has 2 atom stereocenters. The van der Waals surface area contributed by atoms with Crippen LogP contribution in [0.1, 0.15) is 30.1 Å². The minimum absolute atomic E-state index is 0.0285. The molecule has 0 amide bonds. The zero-order valence-corrected chi connectivity index (χ0v) is 29.0. The summed E-state index contributed by atoms with van der Waals surface area (Å²) in [5.74, 6) is -0.765. The van der Waals surface area contributed by atoms with E-state index >= 15 is 0 Å². The van der Waals surface area contributed by atoms with Crippen molar-refractivity contribution in [3.8, 4) is 11.5 Å². The van der Waals surface area contributed by atoms with E-state index in [0.29, 0.717) is 4.73 Å². The van der Waals surface area contributed by atoms with Crippen molar-refractivity contribution < 1.29 is 49.4 Å². The normalized spacial score (nSPS) is 17.8. The molecule has 12 nitrogen and oxygen atoms in total. The minimum atomic E-state index is -4.40. The Labute approximate surface area is 289 Å². The SMILES string of the molecule is CNS(=O)(=O)c1cccc(S(=O)(=O)N2CCSC2C(=O)O[C@@H](Cc2c(Cl)c[n+]([O-])cc2Cl)c2ccc(OC(F)F)c(OCC3CC3)c2)c1. The summed E-state index contributed by atoms with van der Waals surface area (Å²) >= 11 is 13.7. The summed E-state index contributed by atoms with van der Waals surface area (Å²) < 4.78 is 98.2. The van der Waals surface area contributed by atoms with Gasteiger partial charge in [0.05, 0.1) is 16.4 Å². The maximum Gasteiger partial charge on any atom is 0.387 e. The number of alkyl halides is 2.